The zero-order valence-electron chi connectivity index (χ0n) is 20.5. The summed E-state index contributed by atoms with van der Waals surface area (Å²) in [5.74, 6) is 0.279. The van der Waals surface area contributed by atoms with Gasteiger partial charge in [-0.1, -0.05) is 0 Å². The van der Waals surface area contributed by atoms with Gasteiger partial charge < -0.3 is 23.9 Å². The predicted molar refractivity (Wildman–Crippen MR) is 133 cm³/mol. The van der Waals surface area contributed by atoms with Crippen LogP contribution in [-0.2, 0) is 11.3 Å². The molecular formula is C26H25N3O7. The summed E-state index contributed by atoms with van der Waals surface area (Å²) in [7, 11) is 5.65. The molecule has 0 saturated heterocycles. The fraction of sp³-hybridized carbons (Fsp3) is 0.231. The van der Waals surface area contributed by atoms with Crippen molar-refractivity contribution >= 4 is 16.7 Å². The molecule has 0 aliphatic heterocycles. The Bertz CT molecular complexity index is 1560. The number of fused-ring (bicyclic) bond motifs is 1. The molecule has 0 aliphatic carbocycles. The molecule has 3 heterocycles. The van der Waals surface area contributed by atoms with Gasteiger partial charge in [-0.3, -0.25) is 19.1 Å². The third-order valence-electron chi connectivity index (χ3n) is 5.83. The lowest BCUT2D eigenvalue weighted by Gasteiger charge is -2.20. The molecule has 0 unspecified atom stereocenters. The number of nitrogens with zero attached hydrogens (tertiary/aromatic N) is 2. The van der Waals surface area contributed by atoms with E-state index in [1.807, 2.05) is 6.92 Å². The summed E-state index contributed by atoms with van der Waals surface area (Å²) in [6.45, 7) is 1.83. The van der Waals surface area contributed by atoms with Gasteiger partial charge in [0.05, 0.1) is 35.0 Å². The first-order valence-corrected chi connectivity index (χ1v) is 10.9. The molecule has 0 spiro atoms. The van der Waals surface area contributed by atoms with E-state index in [0.717, 1.165) is 11.3 Å². The van der Waals surface area contributed by atoms with Crippen molar-refractivity contribution in [3.8, 4) is 28.4 Å². The fourth-order valence-corrected chi connectivity index (χ4v) is 4.26. The molecule has 186 valence electrons. The predicted octanol–water partition coefficient (Wildman–Crippen LogP) is 2.92. The van der Waals surface area contributed by atoms with Gasteiger partial charge in [0.25, 0.3) is 11.1 Å². The number of hydrogen-bond acceptors (Lipinski definition) is 8. The number of rotatable bonds is 7. The Kier molecular flexibility index (Phi) is 6.77. The van der Waals surface area contributed by atoms with E-state index in [0.29, 0.717) is 28.4 Å². The summed E-state index contributed by atoms with van der Waals surface area (Å²) < 4.78 is 22.8. The number of carbonyl (C=O) groups excluding carboxylic acids is 1. The lowest BCUT2D eigenvalue weighted by Crippen LogP contribution is -2.31. The topological polar surface area (TPSA) is 122 Å². The first-order valence-electron chi connectivity index (χ1n) is 10.9. The Morgan fingerprint density at radius 2 is 1.69 bits per heavy atom. The number of aryl methyl sites for hydroxylation is 1. The summed E-state index contributed by atoms with van der Waals surface area (Å²) in [6, 6.07) is 8.40. The van der Waals surface area contributed by atoms with Crippen molar-refractivity contribution < 1.29 is 23.7 Å². The van der Waals surface area contributed by atoms with E-state index in [9.17, 15) is 14.4 Å². The molecule has 3 aromatic heterocycles. The number of pyridine rings is 3. The van der Waals surface area contributed by atoms with Crippen LogP contribution in [0.3, 0.4) is 0 Å². The van der Waals surface area contributed by atoms with Crippen LogP contribution in [-0.4, -0.2) is 48.9 Å². The first-order chi connectivity index (χ1) is 17.3. The Balaban J connectivity index is 2.19. The van der Waals surface area contributed by atoms with Gasteiger partial charge in [0, 0.05) is 29.0 Å². The molecule has 10 nitrogen and oxygen atoms in total. The van der Waals surface area contributed by atoms with Crippen molar-refractivity contribution in [2.75, 3.05) is 28.4 Å². The number of hydrogen-bond donors (Lipinski definition) is 1. The van der Waals surface area contributed by atoms with Crippen LogP contribution in [0.5, 0.6) is 17.2 Å². The Hall–Kier alpha value is -4.60. The van der Waals surface area contributed by atoms with Gasteiger partial charge in [0.1, 0.15) is 11.1 Å². The van der Waals surface area contributed by atoms with E-state index in [1.54, 1.807) is 36.5 Å². The van der Waals surface area contributed by atoms with Crippen LogP contribution in [0.25, 0.3) is 21.9 Å². The van der Waals surface area contributed by atoms with Crippen LogP contribution in [0, 0.1) is 6.92 Å². The fourth-order valence-electron chi connectivity index (χ4n) is 4.26. The second-order valence-corrected chi connectivity index (χ2v) is 7.92. The molecule has 0 bridgehead atoms. The molecule has 10 heteroatoms. The smallest absolute Gasteiger partial charge is 0.355 e. The minimum atomic E-state index is -0.746. The maximum Gasteiger partial charge on any atom is 0.355 e. The highest BCUT2D eigenvalue weighted by atomic mass is 16.5. The molecule has 1 aromatic carbocycles. The summed E-state index contributed by atoms with van der Waals surface area (Å²) in [5, 5.41) is 0.181. The molecular weight excluding hydrogens is 466 g/mol. The van der Waals surface area contributed by atoms with Crippen molar-refractivity contribution in [1.82, 2.24) is 14.5 Å². The number of aromatic nitrogens is 3. The third kappa shape index (κ3) is 4.17. The monoisotopic (exact) mass is 491 g/mol. The molecule has 0 aliphatic rings. The van der Waals surface area contributed by atoms with Crippen LogP contribution in [0.15, 0.2) is 52.3 Å². The number of aromatic amines is 1. The zero-order chi connectivity index (χ0) is 26.0. The minimum Gasteiger partial charge on any atom is -0.493 e. The van der Waals surface area contributed by atoms with Crippen molar-refractivity contribution in [1.29, 1.82) is 0 Å². The minimum absolute atomic E-state index is 0.00826. The van der Waals surface area contributed by atoms with Crippen LogP contribution in [0.2, 0.25) is 0 Å². The van der Waals surface area contributed by atoms with Gasteiger partial charge in [-0.05, 0) is 48.4 Å². The molecule has 0 radical (unpaired) electrons. The summed E-state index contributed by atoms with van der Waals surface area (Å²) >= 11 is 0. The number of benzene rings is 1. The van der Waals surface area contributed by atoms with E-state index in [1.165, 1.54) is 39.2 Å². The first kappa shape index (κ1) is 24.5. The second kappa shape index (κ2) is 9.95. The summed E-state index contributed by atoms with van der Waals surface area (Å²) in [5.41, 5.74) is 0.998. The number of methoxy groups -OCH3 is 4. The number of carbonyl (C=O) groups is 1. The summed E-state index contributed by atoms with van der Waals surface area (Å²) in [6.07, 6.45) is 3.03. The molecule has 36 heavy (non-hydrogen) atoms. The lowest BCUT2D eigenvalue weighted by molar-refractivity contribution is 0.0588. The maximum atomic E-state index is 13.7. The van der Waals surface area contributed by atoms with Crippen molar-refractivity contribution in [3.05, 3.63) is 80.4 Å². The van der Waals surface area contributed by atoms with Crippen LogP contribution < -0.4 is 25.3 Å². The van der Waals surface area contributed by atoms with Gasteiger partial charge >= 0.3 is 5.97 Å². The highest BCUT2D eigenvalue weighted by Gasteiger charge is 2.27. The largest absolute Gasteiger partial charge is 0.493 e. The quantitative estimate of drug-likeness (QED) is 0.392. The third-order valence-corrected chi connectivity index (χ3v) is 5.83. The van der Waals surface area contributed by atoms with Gasteiger partial charge in [-0.15, -0.1) is 0 Å². The molecule has 4 rings (SSSR count). The van der Waals surface area contributed by atoms with Gasteiger partial charge in [0.2, 0.25) is 5.75 Å². The molecule has 4 aromatic rings. The molecule has 1 N–H and O–H groups in total. The standard InChI is InChI=1S/C26H25N3O7/c1-14-10-15(6-8-27-14)13-29-22(26(32)36-5)20(17-7-9-28-24(30)21(17)25(29)31)16-11-18(33-2)23(35-4)19(12-16)34-3/h6-12H,13H2,1-5H3,(H,28,30). The molecule has 0 atom stereocenters. The Labute approximate surface area is 206 Å². The molecule has 0 saturated carbocycles. The number of nitrogens with one attached hydrogen (secondary N) is 1. The van der Waals surface area contributed by atoms with Crippen molar-refractivity contribution in [2.24, 2.45) is 0 Å². The van der Waals surface area contributed by atoms with Crippen molar-refractivity contribution in [3.63, 3.8) is 0 Å². The van der Waals surface area contributed by atoms with E-state index in [2.05, 4.69) is 9.97 Å². The maximum absolute atomic E-state index is 13.7. The average Bonchev–Trinajstić information content (AvgIpc) is 2.88. The highest BCUT2D eigenvalue weighted by Crippen LogP contribution is 2.43. The summed E-state index contributed by atoms with van der Waals surface area (Å²) in [4.78, 5) is 46.5. The SMILES string of the molecule is COC(=O)c1c(-c2cc(OC)c(OC)c(OC)c2)c2cc[nH]c(=O)c2c(=O)n1Cc1ccnc(C)c1. The molecule has 0 amide bonds. The van der Waals surface area contributed by atoms with E-state index in [4.69, 9.17) is 18.9 Å². The van der Waals surface area contributed by atoms with Gasteiger partial charge in [-0.2, -0.15) is 0 Å². The number of ether oxygens (including phenoxy) is 4. The normalized spacial score (nSPS) is 10.8. The molecule has 0 fully saturated rings. The van der Waals surface area contributed by atoms with E-state index in [-0.39, 0.29) is 23.0 Å². The van der Waals surface area contributed by atoms with Crippen LogP contribution in [0.1, 0.15) is 21.7 Å². The van der Waals surface area contributed by atoms with Gasteiger partial charge in [0.15, 0.2) is 11.5 Å². The average molecular weight is 492 g/mol. The highest BCUT2D eigenvalue weighted by molar-refractivity contribution is 6.06. The van der Waals surface area contributed by atoms with Crippen LogP contribution in [0.4, 0.5) is 0 Å². The van der Waals surface area contributed by atoms with Gasteiger partial charge in [-0.25, -0.2) is 4.79 Å². The van der Waals surface area contributed by atoms with E-state index < -0.39 is 17.1 Å². The number of esters is 1. The number of H-pyrrole nitrogens is 1. The Morgan fingerprint density at radius 3 is 2.28 bits per heavy atom. The van der Waals surface area contributed by atoms with E-state index >= 15 is 0 Å². The van der Waals surface area contributed by atoms with Crippen molar-refractivity contribution in [2.45, 2.75) is 13.5 Å². The Morgan fingerprint density at radius 1 is 1.00 bits per heavy atom. The lowest BCUT2D eigenvalue weighted by atomic mass is 9.96. The second-order valence-electron chi connectivity index (χ2n) is 7.92. The zero-order valence-corrected chi connectivity index (χ0v) is 20.5. The van der Waals surface area contributed by atoms with Crippen LogP contribution >= 0.6 is 0 Å².